The summed E-state index contributed by atoms with van der Waals surface area (Å²) in [5.74, 6) is -0.0914. The van der Waals surface area contributed by atoms with Crippen molar-refractivity contribution in [2.45, 2.75) is 0 Å². The first kappa shape index (κ1) is 13.8. The highest BCUT2D eigenvalue weighted by Gasteiger charge is 2.29. The zero-order chi connectivity index (χ0) is 12.4. The van der Waals surface area contributed by atoms with Gasteiger partial charge >= 0.3 is 0 Å². The number of hydrogen-bond acceptors (Lipinski definition) is 5. The normalized spacial score (nSPS) is 21.1. The zero-order valence-corrected chi connectivity index (χ0v) is 10.8. The molecule has 1 aliphatic heterocycles. The third kappa shape index (κ3) is 3.39. The topological polar surface area (TPSA) is 101 Å². The molecule has 7 nitrogen and oxygen atoms in total. The zero-order valence-electron chi connectivity index (χ0n) is 9.16. The lowest BCUT2D eigenvalue weighted by Gasteiger charge is -2.32. The minimum absolute atomic E-state index is 0.0780. The van der Waals surface area contributed by atoms with Crippen LogP contribution in [-0.4, -0.2) is 70.2 Å². The van der Waals surface area contributed by atoms with Crippen LogP contribution in [-0.2, 0) is 20.0 Å². The molecule has 16 heavy (non-hydrogen) atoms. The maximum absolute atomic E-state index is 11.6. The fourth-order valence-electron chi connectivity index (χ4n) is 1.56. The van der Waals surface area contributed by atoms with Gasteiger partial charge in [0.15, 0.2) is 0 Å². The van der Waals surface area contributed by atoms with Crippen molar-refractivity contribution in [3.8, 4) is 0 Å². The van der Waals surface area contributed by atoms with E-state index in [1.807, 2.05) is 0 Å². The van der Waals surface area contributed by atoms with Gasteiger partial charge in [0.25, 0.3) is 0 Å². The Labute approximate surface area is 96.3 Å². The summed E-state index contributed by atoms with van der Waals surface area (Å²) < 4.78 is 48.2. The molecule has 1 rings (SSSR count). The number of sulfonamides is 2. The van der Waals surface area contributed by atoms with Gasteiger partial charge in [-0.3, -0.25) is 0 Å². The number of piperazine rings is 1. The molecule has 0 atom stereocenters. The third-order valence-corrected chi connectivity index (χ3v) is 5.64. The molecule has 96 valence electrons. The van der Waals surface area contributed by atoms with Gasteiger partial charge in [0.05, 0.1) is 12.0 Å². The van der Waals surface area contributed by atoms with E-state index >= 15 is 0 Å². The van der Waals surface area contributed by atoms with Crippen molar-refractivity contribution in [3.63, 3.8) is 0 Å². The average Bonchev–Trinajstić information content (AvgIpc) is 2.16. The Bertz CT molecular complexity index is 423. The molecule has 0 saturated carbocycles. The van der Waals surface area contributed by atoms with Crippen LogP contribution < -0.4 is 5.73 Å². The molecular formula is C7H17N3O4S2. The molecule has 0 aromatic heterocycles. The molecule has 0 amide bonds. The van der Waals surface area contributed by atoms with E-state index in [0.29, 0.717) is 0 Å². The molecule has 0 radical (unpaired) electrons. The van der Waals surface area contributed by atoms with E-state index in [-0.39, 0.29) is 38.5 Å². The molecule has 1 saturated heterocycles. The maximum Gasteiger partial charge on any atom is 0.215 e. The summed E-state index contributed by atoms with van der Waals surface area (Å²) in [5, 5.41) is 0. The van der Waals surface area contributed by atoms with Crippen LogP contribution in [0.15, 0.2) is 0 Å². The van der Waals surface area contributed by atoms with Crippen LogP contribution in [0.3, 0.4) is 0 Å². The second-order valence-electron chi connectivity index (χ2n) is 3.67. The molecule has 1 fully saturated rings. The van der Waals surface area contributed by atoms with Crippen molar-refractivity contribution in [1.29, 1.82) is 0 Å². The average molecular weight is 271 g/mol. The van der Waals surface area contributed by atoms with Crippen molar-refractivity contribution in [1.82, 2.24) is 8.61 Å². The van der Waals surface area contributed by atoms with Crippen LogP contribution >= 0.6 is 0 Å². The molecule has 0 bridgehead atoms. The summed E-state index contributed by atoms with van der Waals surface area (Å²) in [6.45, 7) is 0.907. The summed E-state index contributed by atoms with van der Waals surface area (Å²) in [7, 11) is -6.54. The minimum Gasteiger partial charge on any atom is -0.329 e. The summed E-state index contributed by atoms with van der Waals surface area (Å²) in [6.07, 6.45) is 1.12. The maximum atomic E-state index is 11.6. The van der Waals surface area contributed by atoms with Crippen LogP contribution in [0.1, 0.15) is 0 Å². The first-order chi connectivity index (χ1) is 7.27. The van der Waals surface area contributed by atoms with Gasteiger partial charge in [-0.25, -0.2) is 16.8 Å². The summed E-state index contributed by atoms with van der Waals surface area (Å²) >= 11 is 0. The lowest BCUT2D eigenvalue weighted by molar-refractivity contribution is 0.274. The van der Waals surface area contributed by atoms with Crippen molar-refractivity contribution in [3.05, 3.63) is 0 Å². The first-order valence-corrected chi connectivity index (χ1v) is 8.36. The summed E-state index contributed by atoms with van der Waals surface area (Å²) in [6, 6.07) is 0. The Kier molecular flexibility index (Phi) is 4.29. The van der Waals surface area contributed by atoms with Gasteiger partial charge in [-0.1, -0.05) is 0 Å². The van der Waals surface area contributed by atoms with Crippen LogP contribution in [0.5, 0.6) is 0 Å². The standard InChI is InChI=1S/C7H17N3O4S2/c1-15(11,12)9-3-5-10(6-4-9)16(13,14)7-2-8/h2-8H2,1H3. The van der Waals surface area contributed by atoms with E-state index in [2.05, 4.69) is 0 Å². The Morgan fingerprint density at radius 3 is 1.81 bits per heavy atom. The summed E-state index contributed by atoms with van der Waals surface area (Å²) in [4.78, 5) is 0. The molecule has 0 unspecified atom stereocenters. The minimum atomic E-state index is -3.32. The van der Waals surface area contributed by atoms with Crippen LogP contribution in [0.4, 0.5) is 0 Å². The molecule has 0 aliphatic carbocycles. The number of nitrogens with zero attached hydrogens (tertiary/aromatic N) is 2. The number of hydrogen-bond donors (Lipinski definition) is 1. The molecule has 9 heteroatoms. The van der Waals surface area contributed by atoms with Crippen molar-refractivity contribution in [2.75, 3.05) is 44.7 Å². The van der Waals surface area contributed by atoms with Gasteiger partial charge in [0.2, 0.25) is 20.0 Å². The number of rotatable bonds is 4. The van der Waals surface area contributed by atoms with E-state index in [1.165, 1.54) is 8.61 Å². The Balaban J connectivity index is 2.63. The lowest BCUT2D eigenvalue weighted by atomic mass is 10.4. The van der Waals surface area contributed by atoms with E-state index in [1.54, 1.807) is 0 Å². The largest absolute Gasteiger partial charge is 0.329 e. The second-order valence-corrected chi connectivity index (χ2v) is 7.74. The highest BCUT2D eigenvalue weighted by molar-refractivity contribution is 7.89. The SMILES string of the molecule is CS(=O)(=O)N1CCN(S(=O)(=O)CCN)CC1. The number of nitrogens with two attached hydrogens (primary N) is 1. The Hall–Kier alpha value is -0.220. The van der Waals surface area contributed by atoms with Crippen LogP contribution in [0.2, 0.25) is 0 Å². The fraction of sp³-hybridized carbons (Fsp3) is 1.00. The molecule has 1 aliphatic rings. The second kappa shape index (κ2) is 4.96. The predicted octanol–water partition coefficient (Wildman–Crippen LogP) is -2.15. The highest BCUT2D eigenvalue weighted by Crippen LogP contribution is 2.10. The van der Waals surface area contributed by atoms with Gasteiger partial charge in [-0.05, 0) is 0 Å². The van der Waals surface area contributed by atoms with Gasteiger partial charge in [0.1, 0.15) is 0 Å². The van der Waals surface area contributed by atoms with E-state index < -0.39 is 20.0 Å². The van der Waals surface area contributed by atoms with Crippen molar-refractivity contribution in [2.24, 2.45) is 5.73 Å². The molecule has 2 N–H and O–H groups in total. The van der Waals surface area contributed by atoms with Gasteiger partial charge < -0.3 is 5.73 Å². The van der Waals surface area contributed by atoms with Gasteiger partial charge in [-0.15, -0.1) is 0 Å². The molecule has 0 aromatic rings. The quantitative estimate of drug-likeness (QED) is 0.628. The van der Waals surface area contributed by atoms with Crippen LogP contribution in [0, 0.1) is 0 Å². The molecule has 1 heterocycles. The molecule has 0 spiro atoms. The van der Waals surface area contributed by atoms with Crippen molar-refractivity contribution < 1.29 is 16.8 Å². The molecular weight excluding hydrogens is 254 g/mol. The van der Waals surface area contributed by atoms with E-state index in [9.17, 15) is 16.8 Å². The fourth-order valence-corrected chi connectivity index (χ4v) is 3.66. The third-order valence-electron chi connectivity index (χ3n) is 2.44. The smallest absolute Gasteiger partial charge is 0.215 e. The van der Waals surface area contributed by atoms with E-state index in [0.717, 1.165) is 6.26 Å². The van der Waals surface area contributed by atoms with E-state index in [4.69, 9.17) is 5.73 Å². The van der Waals surface area contributed by atoms with Crippen LogP contribution in [0.25, 0.3) is 0 Å². The lowest BCUT2D eigenvalue weighted by Crippen LogP contribution is -2.51. The highest BCUT2D eigenvalue weighted by atomic mass is 32.2. The van der Waals surface area contributed by atoms with Gasteiger partial charge in [-0.2, -0.15) is 8.61 Å². The molecule has 0 aromatic carbocycles. The summed E-state index contributed by atoms with van der Waals surface area (Å²) in [5.41, 5.74) is 5.21. The first-order valence-electron chi connectivity index (χ1n) is 4.90. The Morgan fingerprint density at radius 1 is 1.00 bits per heavy atom. The van der Waals surface area contributed by atoms with Gasteiger partial charge in [0, 0.05) is 32.7 Å². The predicted molar refractivity (Wildman–Crippen MR) is 60.8 cm³/mol. The van der Waals surface area contributed by atoms with Crippen molar-refractivity contribution >= 4 is 20.0 Å². The monoisotopic (exact) mass is 271 g/mol. The Morgan fingerprint density at radius 2 is 1.44 bits per heavy atom.